The van der Waals surface area contributed by atoms with Gasteiger partial charge in [0.15, 0.2) is 15.8 Å². The highest BCUT2D eigenvalue weighted by molar-refractivity contribution is 14.0. The smallest absolute Gasteiger partial charge is 0.190 e. The molecule has 0 saturated heterocycles. The van der Waals surface area contributed by atoms with Gasteiger partial charge >= 0.3 is 0 Å². The number of nitrogens with one attached hydrogen (secondary N) is 2. The van der Waals surface area contributed by atoms with Crippen LogP contribution in [0.4, 0.5) is 0 Å². The number of halogens is 1. The van der Waals surface area contributed by atoms with Crippen molar-refractivity contribution in [1.82, 2.24) is 15.6 Å². The molecule has 0 amide bonds. The number of benzene rings is 2. The Morgan fingerprint density at radius 3 is 2.26 bits per heavy atom. The van der Waals surface area contributed by atoms with E-state index in [1.165, 1.54) is 6.26 Å². The summed E-state index contributed by atoms with van der Waals surface area (Å²) in [4.78, 5) is 9.29. The predicted molar refractivity (Wildman–Crippen MR) is 139 cm³/mol. The minimum atomic E-state index is -3.15. The minimum Gasteiger partial charge on any atom is -0.356 e. The summed E-state index contributed by atoms with van der Waals surface area (Å²) < 4.78 is 23.0. The van der Waals surface area contributed by atoms with Gasteiger partial charge in [-0.1, -0.05) is 42.5 Å². The molecule has 0 bridgehead atoms. The molecule has 3 aromatic rings. The fraction of sp³-hybridized carbons (Fsp3) is 0.273. The van der Waals surface area contributed by atoms with E-state index in [2.05, 4.69) is 33.1 Å². The van der Waals surface area contributed by atoms with Crippen LogP contribution in [0.5, 0.6) is 0 Å². The number of thiazole rings is 1. The van der Waals surface area contributed by atoms with Crippen molar-refractivity contribution in [3.05, 3.63) is 71.2 Å². The standard InChI is InChI=1S/C22H26N4O2S2.HI/c1-23-22(24-14-12-17-8-10-20(11-9-17)30(2,27)28)25-15-13-19-16-29-21(26-19)18-6-4-3-5-7-18;/h3-11,16H,12-15H2,1-2H3,(H2,23,24,25);1H. The normalized spacial score (nSPS) is 11.6. The molecule has 31 heavy (non-hydrogen) atoms. The summed E-state index contributed by atoms with van der Waals surface area (Å²) in [5.74, 6) is 0.737. The van der Waals surface area contributed by atoms with Gasteiger partial charge in [-0.25, -0.2) is 13.4 Å². The predicted octanol–water partition coefficient (Wildman–Crippen LogP) is 3.78. The van der Waals surface area contributed by atoms with E-state index in [1.54, 1.807) is 30.5 Å². The van der Waals surface area contributed by atoms with Gasteiger partial charge in [0.2, 0.25) is 0 Å². The zero-order valence-corrected chi connectivity index (χ0v) is 21.5. The van der Waals surface area contributed by atoms with Crippen LogP contribution in [0.25, 0.3) is 10.6 Å². The third-order valence-corrected chi connectivity index (χ3v) is 6.60. The molecule has 6 nitrogen and oxygen atoms in total. The molecule has 9 heteroatoms. The molecule has 3 rings (SSSR count). The average molecular weight is 571 g/mol. The van der Waals surface area contributed by atoms with Crippen molar-refractivity contribution < 1.29 is 8.42 Å². The van der Waals surface area contributed by atoms with Crippen molar-refractivity contribution >= 4 is 51.1 Å². The van der Waals surface area contributed by atoms with Crippen LogP contribution >= 0.6 is 35.3 Å². The van der Waals surface area contributed by atoms with Gasteiger partial charge in [-0.3, -0.25) is 4.99 Å². The van der Waals surface area contributed by atoms with Crippen molar-refractivity contribution in [2.24, 2.45) is 4.99 Å². The molecule has 0 radical (unpaired) electrons. The Hall–Kier alpha value is -1.98. The zero-order valence-electron chi connectivity index (χ0n) is 17.5. The van der Waals surface area contributed by atoms with Gasteiger partial charge in [-0.15, -0.1) is 35.3 Å². The van der Waals surface area contributed by atoms with Crippen LogP contribution in [0.1, 0.15) is 11.3 Å². The van der Waals surface area contributed by atoms with Gasteiger partial charge < -0.3 is 10.6 Å². The lowest BCUT2D eigenvalue weighted by Crippen LogP contribution is -2.39. The maximum atomic E-state index is 11.5. The van der Waals surface area contributed by atoms with Crippen LogP contribution in [0, 0.1) is 0 Å². The molecule has 1 heterocycles. The Morgan fingerprint density at radius 1 is 1.00 bits per heavy atom. The number of rotatable bonds is 8. The fourth-order valence-electron chi connectivity index (χ4n) is 2.89. The quantitative estimate of drug-likeness (QED) is 0.245. The van der Waals surface area contributed by atoms with Crippen LogP contribution < -0.4 is 10.6 Å². The summed E-state index contributed by atoms with van der Waals surface area (Å²) in [5, 5.41) is 9.72. The van der Waals surface area contributed by atoms with E-state index in [0.717, 1.165) is 47.2 Å². The number of aliphatic imine (C=N–C) groups is 1. The van der Waals surface area contributed by atoms with Crippen LogP contribution in [0.2, 0.25) is 0 Å². The molecule has 0 fully saturated rings. The Labute approximate surface area is 205 Å². The third kappa shape index (κ3) is 7.89. The van der Waals surface area contributed by atoms with Gasteiger partial charge in [0, 0.05) is 43.8 Å². The summed E-state index contributed by atoms with van der Waals surface area (Å²) >= 11 is 1.66. The summed E-state index contributed by atoms with van der Waals surface area (Å²) in [6.45, 7) is 1.44. The molecule has 0 unspecified atom stereocenters. The van der Waals surface area contributed by atoms with E-state index in [-0.39, 0.29) is 24.0 Å². The molecule has 0 aliphatic rings. The molecule has 0 aliphatic carbocycles. The molecule has 0 aliphatic heterocycles. The number of guanidine groups is 1. The Balaban J connectivity index is 0.00000341. The summed E-state index contributed by atoms with van der Waals surface area (Å²) in [6.07, 6.45) is 2.81. The monoisotopic (exact) mass is 570 g/mol. The van der Waals surface area contributed by atoms with Crippen molar-refractivity contribution in [1.29, 1.82) is 0 Å². The molecule has 2 aromatic carbocycles. The topological polar surface area (TPSA) is 83.5 Å². The van der Waals surface area contributed by atoms with E-state index in [0.29, 0.717) is 11.4 Å². The summed E-state index contributed by atoms with van der Waals surface area (Å²) in [6, 6.07) is 17.2. The fourth-order valence-corrected chi connectivity index (χ4v) is 4.38. The van der Waals surface area contributed by atoms with E-state index >= 15 is 0 Å². The lowest BCUT2D eigenvalue weighted by molar-refractivity contribution is 0.602. The van der Waals surface area contributed by atoms with E-state index in [1.807, 2.05) is 30.3 Å². The van der Waals surface area contributed by atoms with Crippen LogP contribution in [-0.2, 0) is 22.7 Å². The number of nitrogens with zero attached hydrogens (tertiary/aromatic N) is 2. The van der Waals surface area contributed by atoms with Gasteiger partial charge in [-0.2, -0.15) is 0 Å². The van der Waals surface area contributed by atoms with Gasteiger partial charge in [-0.05, 0) is 24.1 Å². The largest absolute Gasteiger partial charge is 0.356 e. The lowest BCUT2D eigenvalue weighted by atomic mass is 10.1. The van der Waals surface area contributed by atoms with Crippen molar-refractivity contribution in [3.63, 3.8) is 0 Å². The highest BCUT2D eigenvalue weighted by Crippen LogP contribution is 2.23. The van der Waals surface area contributed by atoms with Crippen molar-refractivity contribution in [2.45, 2.75) is 17.7 Å². The number of aromatic nitrogens is 1. The average Bonchev–Trinajstić information content (AvgIpc) is 3.22. The number of sulfone groups is 1. The molecule has 0 saturated carbocycles. The van der Waals surface area contributed by atoms with Gasteiger partial charge in [0.1, 0.15) is 5.01 Å². The lowest BCUT2D eigenvalue weighted by Gasteiger charge is -2.11. The SMILES string of the molecule is CN=C(NCCc1ccc(S(C)(=O)=O)cc1)NCCc1csc(-c2ccccc2)n1.I. The number of hydrogen-bond donors (Lipinski definition) is 2. The van der Waals surface area contributed by atoms with Crippen LogP contribution in [0.3, 0.4) is 0 Å². The molecule has 166 valence electrons. The first-order chi connectivity index (χ1) is 14.5. The first-order valence-electron chi connectivity index (χ1n) is 9.69. The van der Waals surface area contributed by atoms with Crippen LogP contribution in [-0.4, -0.2) is 45.8 Å². The summed E-state index contributed by atoms with van der Waals surface area (Å²) in [7, 11) is -1.41. The zero-order chi connectivity index (χ0) is 21.4. The van der Waals surface area contributed by atoms with E-state index in [9.17, 15) is 8.42 Å². The van der Waals surface area contributed by atoms with Gasteiger partial charge in [0.25, 0.3) is 0 Å². The molecule has 1 aromatic heterocycles. The second kappa shape index (κ2) is 12.2. The Bertz CT molecular complexity index is 1080. The first-order valence-corrected chi connectivity index (χ1v) is 12.5. The van der Waals surface area contributed by atoms with Crippen molar-refractivity contribution in [2.75, 3.05) is 26.4 Å². The minimum absolute atomic E-state index is 0. The second-order valence-corrected chi connectivity index (χ2v) is 9.73. The van der Waals surface area contributed by atoms with Crippen molar-refractivity contribution in [3.8, 4) is 10.6 Å². The highest BCUT2D eigenvalue weighted by Gasteiger charge is 2.07. The number of hydrogen-bond acceptors (Lipinski definition) is 5. The van der Waals surface area contributed by atoms with Gasteiger partial charge in [0.05, 0.1) is 10.6 Å². The first kappa shape index (κ1) is 25.3. The molecular formula is C22H27IN4O2S2. The highest BCUT2D eigenvalue weighted by atomic mass is 127. The molecule has 0 spiro atoms. The molecule has 0 atom stereocenters. The maximum absolute atomic E-state index is 11.5. The maximum Gasteiger partial charge on any atom is 0.190 e. The molecular weight excluding hydrogens is 543 g/mol. The Morgan fingerprint density at radius 2 is 1.65 bits per heavy atom. The van der Waals surface area contributed by atoms with E-state index < -0.39 is 9.84 Å². The van der Waals surface area contributed by atoms with E-state index in [4.69, 9.17) is 4.98 Å². The Kier molecular flexibility index (Phi) is 9.92. The molecule has 2 N–H and O–H groups in total. The second-order valence-electron chi connectivity index (χ2n) is 6.85. The van der Waals surface area contributed by atoms with Crippen LogP contribution in [0.15, 0.2) is 69.9 Å². The third-order valence-electron chi connectivity index (χ3n) is 4.53. The summed E-state index contributed by atoms with van der Waals surface area (Å²) in [5.41, 5.74) is 3.28.